The van der Waals surface area contributed by atoms with E-state index in [-0.39, 0.29) is 11.9 Å². The van der Waals surface area contributed by atoms with Gasteiger partial charge in [0, 0.05) is 38.4 Å². The molecule has 174 valence electrons. The zero-order chi connectivity index (χ0) is 22.7. The average Bonchev–Trinajstić information content (AvgIpc) is 3.45. The van der Waals surface area contributed by atoms with Gasteiger partial charge in [0.05, 0.1) is 18.3 Å². The van der Waals surface area contributed by atoms with E-state index in [1.54, 1.807) is 0 Å². The summed E-state index contributed by atoms with van der Waals surface area (Å²) in [5.41, 5.74) is 4.70. The monoisotopic (exact) mass is 438 g/mol. The smallest absolute Gasteiger partial charge is 0.253 e. The van der Waals surface area contributed by atoms with Crippen molar-refractivity contribution in [1.29, 1.82) is 0 Å². The number of nitrogens with zero attached hydrogens (tertiary/aromatic N) is 4. The fraction of sp³-hybridized carbons (Fsp3) is 0.615. The number of aryl methyl sites for hydroxylation is 2. The molecule has 0 bridgehead atoms. The topological polar surface area (TPSA) is 50.6 Å². The zero-order valence-electron chi connectivity index (χ0n) is 20.1. The first-order chi connectivity index (χ1) is 15.5. The minimum absolute atomic E-state index is 0.0192. The lowest BCUT2D eigenvalue weighted by molar-refractivity contribution is -0.157. The number of carbonyl (C=O) groups is 1. The molecular weight excluding hydrogens is 400 g/mol. The first-order valence-electron chi connectivity index (χ1n) is 12.2. The summed E-state index contributed by atoms with van der Waals surface area (Å²) in [6.07, 6.45) is 5.37. The van der Waals surface area contributed by atoms with Crippen molar-refractivity contribution in [2.45, 2.75) is 77.6 Å². The Balaban J connectivity index is 1.52. The molecule has 0 N–H and O–H groups in total. The summed E-state index contributed by atoms with van der Waals surface area (Å²) in [6, 6.07) is 11.0. The van der Waals surface area contributed by atoms with E-state index < -0.39 is 6.10 Å². The summed E-state index contributed by atoms with van der Waals surface area (Å²) >= 11 is 0. The third kappa shape index (κ3) is 4.62. The maximum atomic E-state index is 13.6. The highest BCUT2D eigenvalue weighted by molar-refractivity contribution is 5.82. The van der Waals surface area contributed by atoms with Crippen LogP contribution in [0.1, 0.15) is 61.2 Å². The van der Waals surface area contributed by atoms with Gasteiger partial charge < -0.3 is 9.64 Å². The van der Waals surface area contributed by atoms with Gasteiger partial charge in [0.2, 0.25) is 0 Å². The molecule has 1 aromatic carbocycles. The van der Waals surface area contributed by atoms with Crippen molar-refractivity contribution in [2.75, 3.05) is 26.7 Å². The van der Waals surface area contributed by atoms with E-state index in [1.807, 2.05) is 22.7 Å². The first kappa shape index (κ1) is 23.0. The molecule has 6 heteroatoms. The zero-order valence-corrected chi connectivity index (χ0v) is 20.1. The summed E-state index contributed by atoms with van der Waals surface area (Å²) in [5, 5.41) is 4.63. The number of ether oxygens (including phenoxy) is 1. The highest BCUT2D eigenvalue weighted by Gasteiger charge is 2.42. The predicted molar refractivity (Wildman–Crippen MR) is 127 cm³/mol. The molecule has 2 unspecified atom stereocenters. The van der Waals surface area contributed by atoms with Gasteiger partial charge in [-0.05, 0) is 51.2 Å². The lowest BCUT2D eigenvalue weighted by atomic mass is 9.94. The van der Waals surface area contributed by atoms with Crippen LogP contribution in [0.4, 0.5) is 0 Å². The largest absolute Gasteiger partial charge is 0.365 e. The Morgan fingerprint density at radius 3 is 2.56 bits per heavy atom. The Kier molecular flexibility index (Phi) is 7.31. The molecule has 1 aromatic heterocycles. The van der Waals surface area contributed by atoms with Gasteiger partial charge in [0.1, 0.15) is 0 Å². The Morgan fingerprint density at radius 2 is 1.91 bits per heavy atom. The lowest BCUT2D eigenvalue weighted by Crippen LogP contribution is -2.54. The summed E-state index contributed by atoms with van der Waals surface area (Å²) in [4.78, 5) is 18.1. The van der Waals surface area contributed by atoms with Crippen LogP contribution < -0.4 is 0 Å². The van der Waals surface area contributed by atoms with E-state index in [0.29, 0.717) is 19.2 Å². The minimum Gasteiger partial charge on any atom is -0.365 e. The molecule has 0 radical (unpaired) electrons. The Morgan fingerprint density at radius 1 is 1.19 bits per heavy atom. The van der Waals surface area contributed by atoms with Gasteiger partial charge >= 0.3 is 0 Å². The maximum absolute atomic E-state index is 13.6. The number of hydrogen-bond donors (Lipinski definition) is 0. The van der Waals surface area contributed by atoms with Crippen molar-refractivity contribution >= 4 is 5.91 Å². The van der Waals surface area contributed by atoms with E-state index in [4.69, 9.17) is 4.74 Å². The molecule has 0 spiro atoms. The van der Waals surface area contributed by atoms with Crippen molar-refractivity contribution in [1.82, 2.24) is 19.6 Å². The van der Waals surface area contributed by atoms with Crippen LogP contribution in [0.5, 0.6) is 0 Å². The van der Waals surface area contributed by atoms with Gasteiger partial charge in [0.25, 0.3) is 5.91 Å². The van der Waals surface area contributed by atoms with Gasteiger partial charge in [0.15, 0.2) is 6.10 Å². The third-order valence-electron chi connectivity index (χ3n) is 7.37. The van der Waals surface area contributed by atoms with Crippen LogP contribution in [0.3, 0.4) is 0 Å². The second-order valence-electron chi connectivity index (χ2n) is 9.30. The van der Waals surface area contributed by atoms with Gasteiger partial charge in [-0.3, -0.25) is 14.4 Å². The normalized spacial score (nSPS) is 22.4. The van der Waals surface area contributed by atoms with E-state index in [0.717, 1.165) is 25.2 Å². The number of benzene rings is 1. The van der Waals surface area contributed by atoms with Crippen molar-refractivity contribution < 1.29 is 9.53 Å². The third-order valence-corrected chi connectivity index (χ3v) is 7.37. The van der Waals surface area contributed by atoms with E-state index in [9.17, 15) is 4.79 Å². The SMILES string of the molecule is CCn1nc(C)c(CCN(C)C(=O)C2OCCN(C3CCCC3)C2c2ccccc2)c1C. The molecule has 2 heterocycles. The summed E-state index contributed by atoms with van der Waals surface area (Å²) in [7, 11) is 1.91. The van der Waals surface area contributed by atoms with Crippen molar-refractivity contribution in [2.24, 2.45) is 0 Å². The molecule has 2 aliphatic rings. The fourth-order valence-electron chi connectivity index (χ4n) is 5.57. The minimum atomic E-state index is -0.461. The Bertz CT molecular complexity index is 904. The number of hydrogen-bond acceptors (Lipinski definition) is 4. The summed E-state index contributed by atoms with van der Waals surface area (Å²) < 4.78 is 8.23. The highest BCUT2D eigenvalue weighted by Crippen LogP contribution is 2.36. The molecule has 1 saturated carbocycles. The summed E-state index contributed by atoms with van der Waals surface area (Å²) in [6.45, 7) is 9.34. The maximum Gasteiger partial charge on any atom is 0.253 e. The number of rotatable bonds is 7. The van der Waals surface area contributed by atoms with E-state index in [2.05, 4.69) is 55.0 Å². The van der Waals surface area contributed by atoms with E-state index >= 15 is 0 Å². The van der Waals surface area contributed by atoms with Crippen LogP contribution in [-0.2, 0) is 22.5 Å². The Labute approximate surface area is 192 Å². The molecule has 4 rings (SSSR count). The molecular formula is C26H38N4O2. The molecule has 1 amide bonds. The van der Waals surface area contributed by atoms with Crippen LogP contribution in [0.25, 0.3) is 0 Å². The summed E-state index contributed by atoms with van der Waals surface area (Å²) in [5.74, 6) is 0.0831. The van der Waals surface area contributed by atoms with Gasteiger partial charge in [-0.2, -0.15) is 5.10 Å². The molecule has 6 nitrogen and oxygen atoms in total. The van der Waals surface area contributed by atoms with Crippen LogP contribution in [0.2, 0.25) is 0 Å². The number of morpholine rings is 1. The lowest BCUT2D eigenvalue weighted by Gasteiger charge is -2.44. The molecule has 1 saturated heterocycles. The number of likely N-dealkylation sites (N-methyl/N-ethyl adjacent to an activating group) is 1. The molecule has 32 heavy (non-hydrogen) atoms. The van der Waals surface area contributed by atoms with Crippen LogP contribution in [0, 0.1) is 13.8 Å². The highest BCUT2D eigenvalue weighted by atomic mass is 16.5. The molecule has 1 aliphatic heterocycles. The fourth-order valence-corrected chi connectivity index (χ4v) is 5.57. The average molecular weight is 439 g/mol. The molecule has 2 aromatic rings. The van der Waals surface area contributed by atoms with Crippen molar-refractivity contribution in [3.05, 3.63) is 52.8 Å². The van der Waals surface area contributed by atoms with Crippen molar-refractivity contribution in [3.63, 3.8) is 0 Å². The van der Waals surface area contributed by atoms with Crippen LogP contribution in [0.15, 0.2) is 30.3 Å². The van der Waals surface area contributed by atoms with E-state index in [1.165, 1.54) is 42.5 Å². The van der Waals surface area contributed by atoms with Crippen LogP contribution >= 0.6 is 0 Å². The number of amides is 1. The second kappa shape index (κ2) is 10.2. The van der Waals surface area contributed by atoms with Crippen molar-refractivity contribution in [3.8, 4) is 0 Å². The standard InChI is InChI=1S/C26H38N4O2/c1-5-30-20(3)23(19(2)27-30)15-16-28(4)26(31)25-24(21-11-7-6-8-12-21)29(17-18-32-25)22-13-9-10-14-22/h6-8,11-12,22,24-25H,5,9-10,13-18H2,1-4H3. The van der Waals surface area contributed by atoms with Gasteiger partial charge in [-0.25, -0.2) is 0 Å². The molecule has 2 fully saturated rings. The first-order valence-corrected chi connectivity index (χ1v) is 12.2. The second-order valence-corrected chi connectivity index (χ2v) is 9.30. The Hall–Kier alpha value is -2.18. The molecule has 1 aliphatic carbocycles. The number of carbonyl (C=O) groups excluding carboxylic acids is 1. The van der Waals surface area contributed by atoms with Crippen LogP contribution in [-0.4, -0.2) is 64.4 Å². The number of aromatic nitrogens is 2. The van der Waals surface area contributed by atoms with Gasteiger partial charge in [-0.15, -0.1) is 0 Å². The quantitative estimate of drug-likeness (QED) is 0.658. The molecule has 2 atom stereocenters. The predicted octanol–water partition coefficient (Wildman–Crippen LogP) is 3.91. The van der Waals surface area contributed by atoms with Gasteiger partial charge in [-0.1, -0.05) is 43.2 Å².